The van der Waals surface area contributed by atoms with E-state index in [9.17, 15) is 75.2 Å². The van der Waals surface area contributed by atoms with Crippen molar-refractivity contribution in [2.24, 2.45) is 0 Å². The maximum Gasteiger partial charge on any atom is 0.460 e. The molecule has 0 aromatic rings. The van der Waals surface area contributed by atoms with Gasteiger partial charge in [-0.25, -0.2) is 9.74 Å². The zero-order valence-electron chi connectivity index (χ0n) is 10.9. The van der Waals surface area contributed by atoms with Crippen LogP contribution >= 0.6 is 0 Å². The van der Waals surface area contributed by atoms with Gasteiger partial charge in [-0.3, -0.25) is 0 Å². The van der Waals surface area contributed by atoms with Crippen LogP contribution in [0.15, 0.2) is 0 Å². The number of hydrogen-bond acceptors (Lipinski definition) is 2. The Kier molecular flexibility index (Phi) is 5.55. The molecule has 0 unspecified atom stereocenters. The molecule has 0 aromatic heterocycles. The smallest absolute Gasteiger partial charge is 0.248 e. The molecule has 0 bridgehead atoms. The van der Waals surface area contributed by atoms with Gasteiger partial charge in [-0.2, -0.15) is 65.9 Å². The van der Waals surface area contributed by atoms with E-state index in [1.807, 2.05) is 0 Å². The van der Waals surface area contributed by atoms with E-state index in [1.54, 1.807) is 0 Å². The quantitative estimate of drug-likeness (QED) is 0.565. The molecular formula is C8F16O2. The molecule has 0 amide bonds. The van der Waals surface area contributed by atoms with Gasteiger partial charge in [-0.05, 0) is 0 Å². The summed E-state index contributed by atoms with van der Waals surface area (Å²) in [5.74, 6) is -53.4. The first-order chi connectivity index (χ1) is 11.0. The van der Waals surface area contributed by atoms with Crippen molar-refractivity contribution in [3.63, 3.8) is 0 Å². The van der Waals surface area contributed by atoms with Crippen molar-refractivity contribution in [1.29, 1.82) is 0 Å². The predicted molar refractivity (Wildman–Crippen MR) is 42.9 cm³/mol. The number of carbonyl (C=O) groups excluding carboxylic acids is 1. The van der Waals surface area contributed by atoms with Crippen LogP contribution in [0.4, 0.5) is 70.4 Å². The van der Waals surface area contributed by atoms with E-state index >= 15 is 0 Å². The van der Waals surface area contributed by atoms with Crippen molar-refractivity contribution in [3.8, 4) is 0 Å². The minimum Gasteiger partial charge on any atom is -0.248 e. The van der Waals surface area contributed by atoms with Crippen molar-refractivity contribution in [3.05, 3.63) is 0 Å². The van der Waals surface area contributed by atoms with Gasteiger partial charge < -0.3 is 0 Å². The van der Waals surface area contributed by atoms with Crippen LogP contribution in [0.5, 0.6) is 0 Å². The number of carbonyl (C=O) groups is 1. The minimum absolute atomic E-state index is 1.35. The second kappa shape index (κ2) is 5.93. The molecule has 2 nitrogen and oxygen atoms in total. The third-order valence-electron chi connectivity index (χ3n) is 2.65. The van der Waals surface area contributed by atoms with Crippen molar-refractivity contribution >= 4 is 5.97 Å². The van der Waals surface area contributed by atoms with Crippen LogP contribution in [0.25, 0.3) is 0 Å². The van der Waals surface area contributed by atoms with Crippen LogP contribution in [0.2, 0.25) is 0 Å². The van der Waals surface area contributed by atoms with Gasteiger partial charge in [0.1, 0.15) is 0 Å². The van der Waals surface area contributed by atoms with Gasteiger partial charge in [0.25, 0.3) is 0 Å². The van der Waals surface area contributed by atoms with E-state index in [0.717, 1.165) is 0 Å². The lowest BCUT2D eigenvalue weighted by atomic mass is 9.91. The van der Waals surface area contributed by atoms with Crippen LogP contribution in [-0.4, -0.2) is 47.7 Å². The normalized spacial score (nSPS) is 15.8. The standard InChI is InChI=1S/C8F16O2/c9-2(10,1(25)26-24)3(11,12)4(13,14)5(15,16)6(17,18)7(19,20)8(21,22)23. The molecule has 0 spiro atoms. The molecule has 0 aliphatic carbocycles. The van der Waals surface area contributed by atoms with Gasteiger partial charge in [0.15, 0.2) is 0 Å². The SMILES string of the molecule is O=C(OF)C(F)(F)C(F)(F)C(F)(F)C(F)(F)C(F)(F)C(F)(F)C(F)(F)F. The molecule has 0 N–H and O–H groups in total. The Morgan fingerprint density at radius 2 is 0.769 bits per heavy atom. The lowest BCUT2D eigenvalue weighted by molar-refractivity contribution is -0.450. The molecule has 0 aromatic carbocycles. The van der Waals surface area contributed by atoms with Gasteiger partial charge in [0, 0.05) is 4.53 Å². The van der Waals surface area contributed by atoms with E-state index in [-0.39, 0.29) is 0 Å². The summed E-state index contributed by atoms with van der Waals surface area (Å²) in [4.78, 5) is 11.3. The molecule has 0 saturated carbocycles. The van der Waals surface area contributed by atoms with Crippen LogP contribution < -0.4 is 0 Å². The number of hydrogen-bond donors (Lipinski definition) is 0. The van der Waals surface area contributed by atoms with Gasteiger partial charge in [-0.1, -0.05) is 0 Å². The van der Waals surface area contributed by atoms with Crippen molar-refractivity contribution in [2.45, 2.75) is 41.7 Å². The largest absolute Gasteiger partial charge is 0.460 e. The summed E-state index contributed by atoms with van der Waals surface area (Å²) in [6, 6.07) is 0. The third kappa shape index (κ3) is 2.80. The zero-order valence-corrected chi connectivity index (χ0v) is 10.9. The van der Waals surface area contributed by atoms with Crippen LogP contribution in [-0.2, 0) is 9.74 Å². The Labute approximate surface area is 129 Å². The fourth-order valence-electron chi connectivity index (χ4n) is 1.14. The maximum atomic E-state index is 12.9. The van der Waals surface area contributed by atoms with E-state index in [1.165, 1.54) is 4.94 Å². The summed E-state index contributed by atoms with van der Waals surface area (Å²) in [6.45, 7) is 0. The molecule has 0 heterocycles. The molecular weight excluding hydrogens is 432 g/mol. The third-order valence-corrected chi connectivity index (χ3v) is 2.65. The molecule has 0 atom stereocenters. The average molecular weight is 432 g/mol. The molecule has 0 aliphatic heterocycles. The van der Waals surface area contributed by atoms with Crippen LogP contribution in [0.1, 0.15) is 0 Å². The van der Waals surface area contributed by atoms with Gasteiger partial charge >= 0.3 is 47.7 Å². The molecule has 0 saturated heterocycles. The van der Waals surface area contributed by atoms with Crippen LogP contribution in [0, 0.1) is 0 Å². The van der Waals surface area contributed by atoms with Crippen molar-refractivity contribution < 1.29 is 80.1 Å². The Hall–Kier alpha value is -1.65. The molecule has 0 radical (unpaired) electrons. The Balaban J connectivity index is 6.56. The molecule has 26 heavy (non-hydrogen) atoms. The number of halogens is 16. The van der Waals surface area contributed by atoms with Gasteiger partial charge in [0.05, 0.1) is 0 Å². The van der Waals surface area contributed by atoms with Crippen molar-refractivity contribution in [2.75, 3.05) is 0 Å². The summed E-state index contributed by atoms with van der Waals surface area (Å²) < 4.78 is 199. The number of rotatable bonds is 6. The topological polar surface area (TPSA) is 26.3 Å². The van der Waals surface area contributed by atoms with E-state index < -0.39 is 47.7 Å². The Morgan fingerprint density at radius 1 is 0.500 bits per heavy atom. The first-order valence-corrected chi connectivity index (χ1v) is 5.15. The van der Waals surface area contributed by atoms with Gasteiger partial charge in [-0.15, -0.1) is 0 Å². The highest BCUT2D eigenvalue weighted by Crippen LogP contribution is 2.62. The van der Waals surface area contributed by atoms with E-state index in [2.05, 4.69) is 0 Å². The molecule has 0 aliphatic rings. The zero-order chi connectivity index (χ0) is 21.8. The fourth-order valence-corrected chi connectivity index (χ4v) is 1.14. The first kappa shape index (κ1) is 24.3. The average Bonchev–Trinajstić information content (AvgIpc) is 2.43. The highest BCUT2D eigenvalue weighted by Gasteiger charge is 2.94. The predicted octanol–water partition coefficient (Wildman–Crippen LogP) is 4.79. The van der Waals surface area contributed by atoms with Crippen LogP contribution in [0.3, 0.4) is 0 Å². The summed E-state index contributed by atoms with van der Waals surface area (Å²) >= 11 is 0. The highest BCUT2D eigenvalue weighted by atomic mass is 19.4. The summed E-state index contributed by atoms with van der Waals surface area (Å²) in [6.07, 6.45) is -7.73. The lowest BCUT2D eigenvalue weighted by Gasteiger charge is -2.40. The maximum absolute atomic E-state index is 12.9. The van der Waals surface area contributed by atoms with E-state index in [4.69, 9.17) is 0 Å². The summed E-state index contributed by atoms with van der Waals surface area (Å²) in [5.41, 5.74) is 0. The summed E-state index contributed by atoms with van der Waals surface area (Å²) in [5, 5.41) is 0. The summed E-state index contributed by atoms with van der Waals surface area (Å²) in [7, 11) is 0. The highest BCUT2D eigenvalue weighted by molar-refractivity contribution is 5.78. The molecule has 18 heteroatoms. The number of alkyl halides is 15. The van der Waals surface area contributed by atoms with Gasteiger partial charge in [0.2, 0.25) is 0 Å². The second-order valence-electron chi connectivity index (χ2n) is 4.31. The molecule has 0 fully saturated rings. The first-order valence-electron chi connectivity index (χ1n) is 5.15. The fraction of sp³-hybridized carbons (Fsp3) is 0.875. The minimum atomic E-state index is -8.54. The molecule has 156 valence electrons. The molecule has 0 rings (SSSR count). The Morgan fingerprint density at radius 3 is 1.04 bits per heavy atom. The van der Waals surface area contributed by atoms with E-state index in [0.29, 0.717) is 0 Å². The van der Waals surface area contributed by atoms with Crippen molar-refractivity contribution in [1.82, 2.24) is 0 Å². The monoisotopic (exact) mass is 432 g/mol. The lowest BCUT2D eigenvalue weighted by Crippen LogP contribution is -2.73. The second-order valence-corrected chi connectivity index (χ2v) is 4.31. The Bertz CT molecular complexity index is 545.